The first-order chi connectivity index (χ1) is 55.9. The summed E-state index contributed by atoms with van der Waals surface area (Å²) in [4.78, 5) is 94.1. The van der Waals surface area contributed by atoms with E-state index in [4.69, 9.17) is 18.9 Å². The normalized spacial score (nSPS) is 22.8. The summed E-state index contributed by atoms with van der Waals surface area (Å²) in [5, 5.41) is 2.33. The van der Waals surface area contributed by atoms with Crippen LogP contribution in [0.2, 0.25) is 0 Å². The van der Waals surface area contributed by atoms with E-state index in [1.165, 1.54) is 94.0 Å². The highest BCUT2D eigenvalue weighted by molar-refractivity contribution is 6.11. The number of benzene rings is 5. The van der Waals surface area contributed by atoms with Gasteiger partial charge >= 0.3 is 0 Å². The van der Waals surface area contributed by atoms with Crippen LogP contribution in [0.1, 0.15) is 285 Å². The Morgan fingerprint density at radius 3 is 1.82 bits per heavy atom. The molecule has 11 heteroatoms. The van der Waals surface area contributed by atoms with Crippen molar-refractivity contribution in [1.82, 2.24) is 0 Å². The smallest absolute Gasteiger partial charge is 0.167 e. The second-order valence-electron chi connectivity index (χ2n) is 35.4. The molecule has 8 aliphatic carbocycles. The number of fused-ring (bicyclic) bond motifs is 3. The summed E-state index contributed by atoms with van der Waals surface area (Å²) in [6.45, 7) is 17.4. The summed E-state index contributed by atoms with van der Waals surface area (Å²) in [6, 6.07) is 37.8. The zero-order valence-corrected chi connectivity index (χ0v) is 71.3. The van der Waals surface area contributed by atoms with Crippen LogP contribution in [0, 0.1) is 77.9 Å². The third kappa shape index (κ3) is 23.3. The number of rotatable bonds is 38. The van der Waals surface area contributed by atoms with E-state index in [0.29, 0.717) is 111 Å². The molecule has 12 atom stereocenters. The van der Waals surface area contributed by atoms with Gasteiger partial charge in [0.05, 0.1) is 39.5 Å². The first-order valence-electron chi connectivity index (χ1n) is 45.1. The standard InChI is InChI=1S/C38H58O5.C35H44O3.C31H34O3/c1-5-28(3)37(39)26-36(29-10-7-6-8-11-29)38(40)34-13-9-12-30(34)15-16-31-25-32(35-24-27(2)14-17-33(31)35)18-19-42-22-23-43-21-20-41-4;1-4-23(2)33(36)22-32(24-11-6-5-7-12-24)35(37)31-16-10-15-27(31)25-17-18-26(21-25)28-19-20-34(38-3)30-14-9-8-13-29(28)30;1-3-21(2)30(33)19-25-16-17-28(23-10-5-4-6-11-23)29(31(25)34)20-26(32)18-24-14-9-13-22-12-7-8-15-27(22)24/h14,17,24-25,28-30,32,34,36H,5-13,15-16,18-23,26H2,1-4H3;8-9,13-14,18-21,23-24,27,31-32H,4-7,10-12,15-17,22H2,1-3H3;4-8,10-12,15-17,21,24,29H,3,9,13-14,18-20H2,1-2H3/t28?,30-,32?,34?,36-;23?,27?,31?,32-;/m00./s1. The molecule has 13 rings (SSSR count). The van der Waals surface area contributed by atoms with Crippen molar-refractivity contribution in [2.45, 2.75) is 259 Å². The van der Waals surface area contributed by atoms with Crippen molar-refractivity contribution in [3.63, 3.8) is 0 Å². The summed E-state index contributed by atoms with van der Waals surface area (Å²) in [7, 11) is 3.41. The second-order valence-corrected chi connectivity index (χ2v) is 35.4. The molecule has 0 amide bonds. The molecule has 4 fully saturated rings. The molecular formula is C104H136O11. The van der Waals surface area contributed by atoms with Gasteiger partial charge in [-0.3, -0.25) is 33.6 Å². The zero-order valence-electron chi connectivity index (χ0n) is 71.3. The lowest BCUT2D eigenvalue weighted by Crippen LogP contribution is -2.35. The highest BCUT2D eigenvalue weighted by Gasteiger charge is 2.44. The molecule has 9 unspecified atom stereocenters. The van der Waals surface area contributed by atoms with Gasteiger partial charge in [-0.05, 0) is 214 Å². The maximum atomic E-state index is 14.2. The van der Waals surface area contributed by atoms with E-state index in [1.807, 2.05) is 70.2 Å². The number of aryl methyl sites for hydroxylation is 2. The Kier molecular flexibility index (Phi) is 34.0. The van der Waals surface area contributed by atoms with Gasteiger partial charge in [0.15, 0.2) is 5.78 Å². The average molecular weight is 1560 g/mol. The fourth-order valence-electron chi connectivity index (χ4n) is 20.6. The van der Waals surface area contributed by atoms with Gasteiger partial charge in [0.25, 0.3) is 0 Å². The highest BCUT2D eigenvalue weighted by Crippen LogP contribution is 2.50. The summed E-state index contributed by atoms with van der Waals surface area (Å²) in [5.74, 6) is 4.18. The summed E-state index contributed by atoms with van der Waals surface area (Å²) >= 11 is 0. The van der Waals surface area contributed by atoms with E-state index in [0.717, 1.165) is 151 Å². The quantitative estimate of drug-likeness (QED) is 0.0347. The maximum Gasteiger partial charge on any atom is 0.167 e. The molecule has 0 aliphatic heterocycles. The number of ether oxygens (including phenoxy) is 4. The number of allylic oxidation sites excluding steroid dienone is 10. The highest BCUT2D eigenvalue weighted by atomic mass is 16.5. The molecule has 5 aromatic rings. The monoisotopic (exact) mass is 1560 g/mol. The molecule has 0 N–H and O–H groups in total. The minimum absolute atomic E-state index is 0.0527. The summed E-state index contributed by atoms with van der Waals surface area (Å²) < 4.78 is 22.1. The van der Waals surface area contributed by atoms with E-state index in [2.05, 4.69) is 112 Å². The van der Waals surface area contributed by atoms with E-state index in [9.17, 15) is 33.6 Å². The minimum atomic E-state index is -0.529. The van der Waals surface area contributed by atoms with Crippen molar-refractivity contribution in [1.29, 1.82) is 0 Å². The molecule has 0 radical (unpaired) electrons. The predicted octanol–water partition coefficient (Wildman–Crippen LogP) is 23.9. The van der Waals surface area contributed by atoms with Crippen LogP contribution in [0.3, 0.4) is 0 Å². The third-order valence-corrected chi connectivity index (χ3v) is 28.1. The van der Waals surface area contributed by atoms with E-state index < -0.39 is 5.92 Å². The predicted molar refractivity (Wildman–Crippen MR) is 467 cm³/mol. The average Bonchev–Trinajstić information content (AvgIpc) is 1.67. The molecule has 0 aromatic heterocycles. The van der Waals surface area contributed by atoms with E-state index >= 15 is 0 Å². The number of hydrogen-bond acceptors (Lipinski definition) is 11. The van der Waals surface area contributed by atoms with Crippen LogP contribution in [-0.2, 0) is 54.2 Å². The van der Waals surface area contributed by atoms with Gasteiger partial charge < -0.3 is 18.9 Å². The summed E-state index contributed by atoms with van der Waals surface area (Å²) in [5.41, 5.74) is 14.5. The van der Waals surface area contributed by atoms with Gasteiger partial charge in [-0.1, -0.05) is 238 Å². The van der Waals surface area contributed by atoms with Crippen molar-refractivity contribution >= 4 is 68.0 Å². The summed E-state index contributed by atoms with van der Waals surface area (Å²) in [6.07, 6.45) is 40.6. The second kappa shape index (κ2) is 44.3. The lowest BCUT2D eigenvalue weighted by atomic mass is 9.70. The molecular weight excluding hydrogens is 1430 g/mol. The first kappa shape index (κ1) is 88.2. The Bertz CT molecular complexity index is 4260. The van der Waals surface area contributed by atoms with Gasteiger partial charge in [-0.15, -0.1) is 0 Å². The van der Waals surface area contributed by atoms with E-state index in [1.54, 1.807) is 20.3 Å². The Morgan fingerprint density at radius 1 is 0.530 bits per heavy atom. The Labute approximate surface area is 689 Å². The van der Waals surface area contributed by atoms with Crippen LogP contribution in [0.15, 0.2) is 151 Å². The number of Topliss-reactive ketones (excluding diaryl/α,β-unsaturated/α-hetero) is 7. The first-order valence-corrected chi connectivity index (χ1v) is 45.1. The molecule has 11 nitrogen and oxygen atoms in total. The molecule has 0 spiro atoms. The van der Waals surface area contributed by atoms with E-state index in [-0.39, 0.29) is 77.5 Å². The molecule has 4 saturated carbocycles. The number of carbonyl (C=O) groups excluding carboxylic acids is 7. The van der Waals surface area contributed by atoms with Gasteiger partial charge in [-0.25, -0.2) is 0 Å². The lowest BCUT2D eigenvalue weighted by Gasteiger charge is -2.33. The number of ketones is 7. The Balaban J connectivity index is 0.000000171. The van der Waals surface area contributed by atoms with Crippen molar-refractivity contribution in [3.05, 3.63) is 190 Å². The Hall–Kier alpha value is -7.57. The molecule has 618 valence electrons. The third-order valence-electron chi connectivity index (χ3n) is 28.1. The number of carbonyl (C=O) groups is 7. The van der Waals surface area contributed by atoms with Crippen molar-refractivity contribution in [3.8, 4) is 5.75 Å². The lowest BCUT2D eigenvalue weighted by molar-refractivity contribution is -0.135. The molecule has 8 aliphatic rings. The van der Waals surface area contributed by atoms with Crippen molar-refractivity contribution in [2.24, 2.45) is 71.0 Å². The van der Waals surface area contributed by atoms with Crippen LogP contribution in [0.25, 0.3) is 27.5 Å². The van der Waals surface area contributed by atoms with Crippen LogP contribution in [-0.4, -0.2) is 87.7 Å². The van der Waals surface area contributed by atoms with Crippen molar-refractivity contribution < 1.29 is 52.5 Å². The van der Waals surface area contributed by atoms with Gasteiger partial charge in [-0.2, -0.15) is 0 Å². The van der Waals surface area contributed by atoms with Crippen LogP contribution >= 0.6 is 0 Å². The molecule has 0 bridgehead atoms. The van der Waals surface area contributed by atoms with Crippen LogP contribution in [0.4, 0.5) is 0 Å². The maximum absolute atomic E-state index is 14.2. The van der Waals surface area contributed by atoms with Gasteiger partial charge in [0.2, 0.25) is 0 Å². The van der Waals surface area contributed by atoms with Gasteiger partial charge in [0, 0.05) is 104 Å². The van der Waals surface area contributed by atoms with Crippen LogP contribution < -0.4 is 4.74 Å². The molecule has 0 saturated heterocycles. The topological polar surface area (TPSA) is 156 Å². The fourth-order valence-corrected chi connectivity index (χ4v) is 20.6. The number of hydrogen-bond donors (Lipinski definition) is 0. The SMILES string of the molecule is CCC(C)C(=O)CC1=CC=C(c2ccccc2)C(CC(=O)CC2CCCc3ccccc32)C1=O.CCC(C)C(=O)C[C@H](C(=O)C1CCCC1C1=CC(c2ccc(OC)c3ccccc23)=CC1)C1CCCCC1.CCC(C)C(=O)C[C@H](C(=O)C1CCC[C@H]1CCC1=CC(CCOCCOCCOC)c2cc(C)ccc21)C1CCCCC1. The zero-order chi connectivity index (χ0) is 81.3. The Morgan fingerprint density at radius 2 is 1.14 bits per heavy atom. The number of methoxy groups -OCH3 is 2. The minimum Gasteiger partial charge on any atom is -0.496 e. The van der Waals surface area contributed by atoms with Gasteiger partial charge in [0.1, 0.15) is 40.4 Å². The molecule has 5 aromatic carbocycles. The molecule has 115 heavy (non-hydrogen) atoms. The largest absolute Gasteiger partial charge is 0.496 e. The van der Waals surface area contributed by atoms with Crippen LogP contribution in [0.5, 0.6) is 5.75 Å². The fraction of sp³-hybridized carbons (Fsp3) is 0.567. The van der Waals surface area contributed by atoms with Crippen molar-refractivity contribution in [2.75, 3.05) is 47.3 Å². The molecule has 0 heterocycles.